The number of anilines is 1. The van der Waals surface area contributed by atoms with Crippen molar-refractivity contribution in [1.29, 1.82) is 0 Å². The molecular formula is C20H22FN3O4. The summed E-state index contributed by atoms with van der Waals surface area (Å²) in [6, 6.07) is 1.29. The van der Waals surface area contributed by atoms with Crippen molar-refractivity contribution in [3.05, 3.63) is 33.9 Å². The number of piperazine rings is 1. The Morgan fingerprint density at radius 2 is 2.14 bits per heavy atom. The molecule has 8 heteroatoms. The lowest BCUT2D eigenvalue weighted by molar-refractivity contribution is 0.0695. The second-order valence-corrected chi connectivity index (χ2v) is 8.08. The highest BCUT2D eigenvalue weighted by atomic mass is 19.1. The molecule has 0 atom stereocenters. The number of ether oxygens (including phenoxy) is 1. The Morgan fingerprint density at radius 1 is 1.39 bits per heavy atom. The van der Waals surface area contributed by atoms with Gasteiger partial charge in [0.2, 0.25) is 5.43 Å². The third-order valence-corrected chi connectivity index (χ3v) is 6.12. The van der Waals surface area contributed by atoms with Crippen LogP contribution in [-0.2, 0) is 0 Å². The number of nitrogens with one attached hydrogen (secondary N) is 1. The van der Waals surface area contributed by atoms with Gasteiger partial charge in [-0.15, -0.1) is 0 Å². The van der Waals surface area contributed by atoms with Crippen LogP contribution < -0.4 is 20.4 Å². The summed E-state index contributed by atoms with van der Waals surface area (Å²) in [6.07, 6.45) is 5.30. The van der Waals surface area contributed by atoms with Gasteiger partial charge in [-0.2, -0.15) is 0 Å². The van der Waals surface area contributed by atoms with E-state index in [0.717, 1.165) is 32.2 Å². The molecule has 0 bridgehead atoms. The highest BCUT2D eigenvalue weighted by Gasteiger charge is 2.46. The lowest BCUT2D eigenvalue weighted by Gasteiger charge is -2.36. The van der Waals surface area contributed by atoms with Crippen LogP contribution in [-0.4, -0.2) is 47.9 Å². The van der Waals surface area contributed by atoms with Crippen molar-refractivity contribution < 1.29 is 19.0 Å². The number of hydrogen-bond acceptors (Lipinski definition) is 5. The predicted molar refractivity (Wildman–Crippen MR) is 102 cm³/mol. The molecule has 2 N–H and O–H groups in total. The molecular weight excluding hydrogens is 365 g/mol. The highest BCUT2D eigenvalue weighted by molar-refractivity contribution is 5.97. The second-order valence-electron chi connectivity index (χ2n) is 8.08. The van der Waals surface area contributed by atoms with E-state index in [-0.39, 0.29) is 22.5 Å². The Kier molecular flexibility index (Phi) is 3.71. The van der Waals surface area contributed by atoms with Crippen LogP contribution in [0.25, 0.3) is 10.9 Å². The second kappa shape index (κ2) is 5.94. The van der Waals surface area contributed by atoms with E-state index in [2.05, 4.69) is 5.32 Å². The Balaban J connectivity index is 1.77. The molecule has 3 aliphatic rings. The third-order valence-electron chi connectivity index (χ3n) is 6.12. The van der Waals surface area contributed by atoms with E-state index in [0.29, 0.717) is 30.0 Å². The van der Waals surface area contributed by atoms with Gasteiger partial charge in [0.25, 0.3) is 0 Å². The first-order chi connectivity index (χ1) is 13.4. The monoisotopic (exact) mass is 387 g/mol. The summed E-state index contributed by atoms with van der Waals surface area (Å²) in [5.74, 6) is -1.54. The molecule has 7 nitrogen and oxygen atoms in total. The minimum atomic E-state index is -1.30. The average Bonchev–Trinajstić information content (AvgIpc) is 3.59. The lowest BCUT2D eigenvalue weighted by Crippen LogP contribution is -2.52. The molecule has 2 saturated carbocycles. The van der Waals surface area contributed by atoms with Crippen molar-refractivity contribution >= 4 is 22.6 Å². The zero-order valence-electron chi connectivity index (χ0n) is 15.6. The lowest BCUT2D eigenvalue weighted by atomic mass is 10.1. The van der Waals surface area contributed by atoms with Gasteiger partial charge in [0.05, 0.1) is 18.0 Å². The Labute approximate surface area is 160 Å². The van der Waals surface area contributed by atoms with E-state index in [9.17, 15) is 14.7 Å². The third kappa shape index (κ3) is 2.58. The molecule has 2 aliphatic carbocycles. The molecule has 1 spiro atoms. The molecule has 2 aromatic rings. The normalized spacial score (nSPS) is 20.6. The van der Waals surface area contributed by atoms with Gasteiger partial charge in [0.15, 0.2) is 11.6 Å². The molecule has 1 aromatic heterocycles. The van der Waals surface area contributed by atoms with E-state index in [1.165, 1.54) is 19.4 Å². The first-order valence-electron chi connectivity index (χ1n) is 9.63. The molecule has 1 aliphatic heterocycles. The van der Waals surface area contributed by atoms with Crippen LogP contribution in [0.1, 0.15) is 42.1 Å². The average molecular weight is 387 g/mol. The number of carboxylic acids is 1. The standard InChI is InChI=1S/C20H22FN3O4/c1-28-18-15-12(17(25)13(19(26)27)9-24(15)11-2-3-11)8-14(21)16(18)23-7-6-22-20(10-23)4-5-20/h8-9,11,22H,2-7,10H2,1H3,(H,26,27). The summed E-state index contributed by atoms with van der Waals surface area (Å²) in [5.41, 5.74) is -0.122. The minimum Gasteiger partial charge on any atom is -0.492 e. The van der Waals surface area contributed by atoms with Crippen LogP contribution in [0.15, 0.2) is 17.1 Å². The topological polar surface area (TPSA) is 83.8 Å². The number of pyridine rings is 1. The molecule has 0 radical (unpaired) electrons. The van der Waals surface area contributed by atoms with Gasteiger partial charge in [-0.1, -0.05) is 0 Å². The molecule has 5 rings (SSSR count). The number of nitrogens with zero attached hydrogens (tertiary/aromatic N) is 2. The van der Waals surface area contributed by atoms with E-state index in [4.69, 9.17) is 4.74 Å². The Hall–Kier alpha value is -2.61. The Morgan fingerprint density at radius 3 is 2.75 bits per heavy atom. The van der Waals surface area contributed by atoms with Crippen molar-refractivity contribution in [1.82, 2.24) is 9.88 Å². The van der Waals surface area contributed by atoms with Gasteiger partial charge >= 0.3 is 5.97 Å². The first kappa shape index (κ1) is 17.5. The largest absolute Gasteiger partial charge is 0.492 e. The van der Waals surface area contributed by atoms with Crippen LogP contribution in [0.2, 0.25) is 0 Å². The number of carbonyl (C=O) groups is 1. The van der Waals surface area contributed by atoms with E-state index in [1.807, 2.05) is 4.90 Å². The molecule has 0 amide bonds. The number of fused-ring (bicyclic) bond motifs is 1. The fourth-order valence-corrected chi connectivity index (χ4v) is 4.36. The maximum absolute atomic E-state index is 15.2. The zero-order chi connectivity index (χ0) is 19.6. The van der Waals surface area contributed by atoms with Crippen molar-refractivity contribution in [3.8, 4) is 5.75 Å². The van der Waals surface area contributed by atoms with Crippen LogP contribution in [0.5, 0.6) is 5.75 Å². The van der Waals surface area contributed by atoms with Gasteiger partial charge in [0.1, 0.15) is 11.3 Å². The summed E-state index contributed by atoms with van der Waals surface area (Å²) < 4.78 is 22.7. The number of aromatic nitrogens is 1. The van der Waals surface area contributed by atoms with Gasteiger partial charge in [-0.05, 0) is 31.7 Å². The summed E-state index contributed by atoms with van der Waals surface area (Å²) in [6.45, 7) is 2.09. The fraction of sp³-hybridized carbons (Fsp3) is 0.500. The molecule has 2 heterocycles. The maximum atomic E-state index is 15.2. The summed E-state index contributed by atoms with van der Waals surface area (Å²) in [5, 5.41) is 13.0. The van der Waals surface area contributed by atoms with Crippen molar-refractivity contribution in [2.75, 3.05) is 31.6 Å². The minimum absolute atomic E-state index is 0.0496. The van der Waals surface area contributed by atoms with Gasteiger partial charge in [-0.3, -0.25) is 4.79 Å². The van der Waals surface area contributed by atoms with Crippen molar-refractivity contribution in [2.24, 2.45) is 0 Å². The number of aromatic carboxylic acids is 1. The van der Waals surface area contributed by atoms with Crippen LogP contribution >= 0.6 is 0 Å². The fourth-order valence-electron chi connectivity index (χ4n) is 4.36. The first-order valence-corrected chi connectivity index (χ1v) is 9.63. The molecule has 1 aromatic carbocycles. The number of methoxy groups -OCH3 is 1. The SMILES string of the molecule is COc1c(N2CCNC3(CC3)C2)c(F)cc2c(=O)c(C(=O)O)cn(C3CC3)c12. The van der Waals surface area contributed by atoms with Gasteiger partial charge < -0.3 is 24.6 Å². The summed E-state index contributed by atoms with van der Waals surface area (Å²) in [4.78, 5) is 26.3. The van der Waals surface area contributed by atoms with E-state index in [1.54, 1.807) is 4.57 Å². The van der Waals surface area contributed by atoms with E-state index >= 15 is 4.39 Å². The number of rotatable bonds is 4. The molecule has 1 saturated heterocycles. The molecule has 148 valence electrons. The van der Waals surface area contributed by atoms with Crippen molar-refractivity contribution in [3.63, 3.8) is 0 Å². The molecule has 3 fully saturated rings. The summed E-state index contributed by atoms with van der Waals surface area (Å²) in [7, 11) is 1.47. The number of hydrogen-bond donors (Lipinski definition) is 2. The van der Waals surface area contributed by atoms with Crippen LogP contribution in [0, 0.1) is 5.82 Å². The van der Waals surface area contributed by atoms with Gasteiger partial charge in [0, 0.05) is 37.4 Å². The smallest absolute Gasteiger partial charge is 0.341 e. The van der Waals surface area contributed by atoms with Crippen LogP contribution in [0.4, 0.5) is 10.1 Å². The predicted octanol–water partition coefficient (Wildman–Crippen LogP) is 2.12. The van der Waals surface area contributed by atoms with Crippen LogP contribution in [0.3, 0.4) is 0 Å². The number of benzene rings is 1. The zero-order valence-corrected chi connectivity index (χ0v) is 15.6. The van der Waals surface area contributed by atoms with Crippen molar-refractivity contribution in [2.45, 2.75) is 37.3 Å². The maximum Gasteiger partial charge on any atom is 0.341 e. The summed E-state index contributed by atoms with van der Waals surface area (Å²) >= 11 is 0. The quantitative estimate of drug-likeness (QED) is 0.836. The number of carboxylic acid groups (broad SMARTS) is 1. The van der Waals surface area contributed by atoms with E-state index < -0.39 is 17.2 Å². The van der Waals surface area contributed by atoms with Gasteiger partial charge in [-0.25, -0.2) is 9.18 Å². The Bertz CT molecular complexity index is 1060. The molecule has 28 heavy (non-hydrogen) atoms. The highest BCUT2D eigenvalue weighted by Crippen LogP contribution is 2.46. The molecule has 0 unspecified atom stereocenters. The number of halogens is 1.